The first-order valence-electron chi connectivity index (χ1n) is 13.7. The third kappa shape index (κ3) is 4.73. The summed E-state index contributed by atoms with van der Waals surface area (Å²) < 4.78 is 2.37. The Labute approximate surface area is 234 Å². The van der Waals surface area contributed by atoms with E-state index in [1.807, 2.05) is 18.2 Å². The van der Waals surface area contributed by atoms with Gasteiger partial charge in [0.05, 0.1) is 28.3 Å². The minimum Gasteiger partial charge on any atom is -0.397 e. The molecule has 0 saturated heterocycles. The van der Waals surface area contributed by atoms with Crippen LogP contribution in [0.4, 0.5) is 23.0 Å². The van der Waals surface area contributed by atoms with Gasteiger partial charge in [-0.2, -0.15) is 0 Å². The van der Waals surface area contributed by atoms with Gasteiger partial charge in [0.15, 0.2) is 5.82 Å². The third-order valence-corrected chi connectivity index (χ3v) is 7.60. The molecule has 1 aliphatic rings. The first-order valence-corrected chi connectivity index (χ1v) is 13.7. The Morgan fingerprint density at radius 1 is 0.975 bits per heavy atom. The fraction of sp³-hybridized carbons (Fsp3) is 0.290. The molecular formula is C31H35N9. The summed E-state index contributed by atoms with van der Waals surface area (Å²) in [5, 5.41) is 4.59. The fourth-order valence-electron chi connectivity index (χ4n) is 5.58. The van der Waals surface area contributed by atoms with Crippen molar-refractivity contribution in [2.75, 3.05) is 50.2 Å². The Morgan fingerprint density at radius 2 is 1.80 bits per heavy atom. The predicted octanol–water partition coefficient (Wildman–Crippen LogP) is 5.13. The summed E-state index contributed by atoms with van der Waals surface area (Å²) in [6.45, 7) is 4.83. The van der Waals surface area contributed by atoms with Gasteiger partial charge >= 0.3 is 0 Å². The van der Waals surface area contributed by atoms with Crippen LogP contribution in [0.25, 0.3) is 33.7 Å². The van der Waals surface area contributed by atoms with E-state index in [1.165, 1.54) is 11.1 Å². The van der Waals surface area contributed by atoms with Gasteiger partial charge in [-0.15, -0.1) is 0 Å². The number of aromatic nitrogens is 5. The van der Waals surface area contributed by atoms with E-state index in [1.54, 1.807) is 18.6 Å². The number of hydrogen-bond acceptors (Lipinski definition) is 8. The maximum Gasteiger partial charge on any atom is 0.227 e. The van der Waals surface area contributed by atoms with E-state index in [-0.39, 0.29) is 0 Å². The minimum atomic E-state index is 0.514. The van der Waals surface area contributed by atoms with E-state index < -0.39 is 0 Å². The molecule has 0 saturated carbocycles. The predicted molar refractivity (Wildman–Crippen MR) is 163 cm³/mol. The molecule has 204 valence electrons. The molecule has 1 aliphatic heterocycles. The van der Waals surface area contributed by atoms with E-state index in [0.717, 1.165) is 71.8 Å². The van der Waals surface area contributed by atoms with Crippen LogP contribution in [0, 0.1) is 6.92 Å². The van der Waals surface area contributed by atoms with Gasteiger partial charge < -0.3 is 25.4 Å². The number of aryl methyl sites for hydroxylation is 3. The molecule has 4 heterocycles. The minimum absolute atomic E-state index is 0.514. The normalized spacial score (nSPS) is 12.7. The summed E-state index contributed by atoms with van der Waals surface area (Å²) in [5.41, 5.74) is 15.6. The lowest BCUT2D eigenvalue weighted by Gasteiger charge is -2.24. The Morgan fingerprint density at radius 3 is 2.60 bits per heavy atom. The SMILES string of the molecule is Cc1cc(N(C)CCN(C)C)c(N)cc1Nc1nccc(-c2c(-c3ncccn3)n3c4c(cccc24)CCC3)n1. The summed E-state index contributed by atoms with van der Waals surface area (Å²) in [4.78, 5) is 23.2. The summed E-state index contributed by atoms with van der Waals surface area (Å²) in [7, 11) is 6.22. The molecule has 9 heteroatoms. The number of nitrogens with zero attached hydrogens (tertiary/aromatic N) is 7. The molecule has 3 aromatic heterocycles. The standard InChI is InChI=1S/C31H35N9/c1-20-18-26(39(4)17-16-38(2)3)23(32)19-25(20)37-31-35-14-11-24(36-31)27-22-10-5-8-21-9-6-15-40(28(21)22)29(27)30-33-12-7-13-34-30/h5,7-8,10-14,18-19H,6,9,15-17,32H2,1-4H3,(H,35,36,37). The second-order valence-corrected chi connectivity index (χ2v) is 10.7. The average molecular weight is 534 g/mol. The van der Waals surface area contributed by atoms with Crippen molar-refractivity contribution in [2.24, 2.45) is 0 Å². The van der Waals surface area contributed by atoms with Gasteiger partial charge in [0.25, 0.3) is 0 Å². The van der Waals surface area contributed by atoms with Gasteiger partial charge in [0.1, 0.15) is 0 Å². The highest BCUT2D eigenvalue weighted by Gasteiger charge is 2.26. The molecule has 6 rings (SSSR count). The number of nitrogen functional groups attached to an aromatic ring is 1. The zero-order valence-electron chi connectivity index (χ0n) is 23.5. The van der Waals surface area contributed by atoms with E-state index in [9.17, 15) is 0 Å². The van der Waals surface area contributed by atoms with Crippen LogP contribution in [0.3, 0.4) is 0 Å². The first-order chi connectivity index (χ1) is 19.4. The molecule has 40 heavy (non-hydrogen) atoms. The average Bonchev–Trinajstić information content (AvgIpc) is 3.30. The second-order valence-electron chi connectivity index (χ2n) is 10.7. The van der Waals surface area contributed by atoms with Crippen LogP contribution < -0.4 is 16.0 Å². The summed E-state index contributed by atoms with van der Waals surface area (Å²) in [6, 6.07) is 14.4. The Balaban J connectivity index is 1.40. The van der Waals surface area contributed by atoms with E-state index in [2.05, 4.69) is 87.0 Å². The molecule has 0 radical (unpaired) electrons. The summed E-state index contributed by atoms with van der Waals surface area (Å²) in [6.07, 6.45) is 7.53. The zero-order valence-corrected chi connectivity index (χ0v) is 23.5. The maximum absolute atomic E-state index is 6.50. The van der Waals surface area contributed by atoms with Gasteiger partial charge in [-0.1, -0.05) is 18.2 Å². The summed E-state index contributed by atoms with van der Waals surface area (Å²) in [5.74, 6) is 1.22. The lowest BCUT2D eigenvalue weighted by molar-refractivity contribution is 0.416. The number of rotatable bonds is 8. The van der Waals surface area contributed by atoms with Gasteiger partial charge in [-0.05, 0) is 69.3 Å². The van der Waals surface area contributed by atoms with Crippen molar-refractivity contribution in [3.63, 3.8) is 0 Å². The number of benzene rings is 2. The van der Waals surface area contributed by atoms with Crippen LogP contribution in [0.1, 0.15) is 17.5 Å². The van der Waals surface area contributed by atoms with Gasteiger partial charge in [-0.3, -0.25) is 0 Å². The summed E-state index contributed by atoms with van der Waals surface area (Å²) >= 11 is 0. The smallest absolute Gasteiger partial charge is 0.227 e. The molecule has 9 nitrogen and oxygen atoms in total. The van der Waals surface area contributed by atoms with Crippen LogP contribution in [-0.4, -0.2) is 63.6 Å². The molecule has 3 N–H and O–H groups in total. The molecule has 0 bridgehead atoms. The van der Waals surface area contributed by atoms with Crippen molar-refractivity contribution in [3.05, 3.63) is 72.2 Å². The Kier molecular flexibility index (Phi) is 6.81. The van der Waals surface area contributed by atoms with Crippen LogP contribution in [0.5, 0.6) is 0 Å². The number of para-hydroxylation sites is 1. The van der Waals surface area contributed by atoms with Crippen molar-refractivity contribution in [1.82, 2.24) is 29.4 Å². The molecule has 5 aromatic rings. The first kappa shape index (κ1) is 25.8. The Bertz CT molecular complexity index is 1670. The number of likely N-dealkylation sites (N-methyl/N-ethyl adjacent to an activating group) is 2. The second kappa shape index (κ2) is 10.6. The molecule has 0 amide bonds. The quantitative estimate of drug-likeness (QED) is 0.265. The van der Waals surface area contributed by atoms with Crippen molar-refractivity contribution in [2.45, 2.75) is 26.3 Å². The molecule has 0 unspecified atom stereocenters. The molecular weight excluding hydrogens is 498 g/mol. The molecule has 0 spiro atoms. The van der Waals surface area contributed by atoms with Crippen molar-refractivity contribution >= 4 is 33.9 Å². The highest BCUT2D eigenvalue weighted by molar-refractivity contribution is 6.04. The monoisotopic (exact) mass is 533 g/mol. The molecule has 0 aliphatic carbocycles. The fourth-order valence-corrected chi connectivity index (χ4v) is 5.58. The number of anilines is 4. The van der Waals surface area contributed by atoms with Crippen molar-refractivity contribution in [3.8, 4) is 22.8 Å². The molecule has 0 fully saturated rings. The number of nitrogens with one attached hydrogen (secondary N) is 1. The van der Waals surface area contributed by atoms with Crippen molar-refractivity contribution in [1.29, 1.82) is 0 Å². The van der Waals surface area contributed by atoms with Gasteiger partial charge in [0.2, 0.25) is 5.95 Å². The van der Waals surface area contributed by atoms with Crippen molar-refractivity contribution < 1.29 is 0 Å². The largest absolute Gasteiger partial charge is 0.397 e. The number of hydrogen-bond donors (Lipinski definition) is 2. The molecule has 2 aromatic carbocycles. The van der Waals surface area contributed by atoms with Gasteiger partial charge in [-0.25, -0.2) is 19.9 Å². The van der Waals surface area contributed by atoms with E-state index in [0.29, 0.717) is 17.5 Å². The third-order valence-electron chi connectivity index (χ3n) is 7.60. The molecule has 0 atom stereocenters. The van der Waals surface area contributed by atoms with Crippen LogP contribution in [-0.2, 0) is 13.0 Å². The number of nitrogens with two attached hydrogens (primary N) is 1. The highest BCUT2D eigenvalue weighted by Crippen LogP contribution is 2.42. The Hall–Kier alpha value is -4.50. The van der Waals surface area contributed by atoms with Crippen LogP contribution in [0.15, 0.2) is 61.1 Å². The highest BCUT2D eigenvalue weighted by atomic mass is 15.2. The van der Waals surface area contributed by atoms with E-state index >= 15 is 0 Å². The van der Waals surface area contributed by atoms with Gasteiger partial charge in [0, 0.05) is 61.9 Å². The lowest BCUT2D eigenvalue weighted by Crippen LogP contribution is -2.29. The van der Waals surface area contributed by atoms with Crippen LogP contribution in [0.2, 0.25) is 0 Å². The van der Waals surface area contributed by atoms with E-state index in [4.69, 9.17) is 10.7 Å². The van der Waals surface area contributed by atoms with Crippen LogP contribution >= 0.6 is 0 Å². The maximum atomic E-state index is 6.50. The topological polar surface area (TPSA) is 101 Å². The zero-order chi connectivity index (χ0) is 27.8. The lowest BCUT2D eigenvalue weighted by atomic mass is 10.0.